The number of pyridine rings is 1. The van der Waals surface area contributed by atoms with Crippen LogP contribution in [0.4, 0.5) is 0 Å². The first-order chi connectivity index (χ1) is 19.2. The van der Waals surface area contributed by atoms with Gasteiger partial charge in [0.2, 0.25) is 0 Å². The quantitative estimate of drug-likeness (QED) is 0.242. The second kappa shape index (κ2) is 8.40. The van der Waals surface area contributed by atoms with Crippen LogP contribution in [0, 0.1) is 6.92 Å². The van der Waals surface area contributed by atoms with Gasteiger partial charge in [0.1, 0.15) is 11.2 Å². The standard InChI is InChI=1S/C35H23N3O/c1-22-13-15-24(16-14-22)31-21-38-34(36-37-35(38)30-9-3-2-7-27(30)31)25-19-17-23(18-20-25)26-10-6-11-29-28-8-4-5-12-32(28)39-33(26)29/h2-21H,1H3. The fourth-order valence-corrected chi connectivity index (χ4v) is 5.64. The summed E-state index contributed by atoms with van der Waals surface area (Å²) in [5.41, 5.74) is 9.43. The SMILES string of the molecule is Cc1ccc(-c2cn3c(-c4ccc(-c5cccc6c5oc5ccccc56)cc4)nnc3c3ccccc23)cc1. The summed E-state index contributed by atoms with van der Waals surface area (Å²) in [4.78, 5) is 0. The minimum Gasteiger partial charge on any atom is -0.455 e. The highest BCUT2D eigenvalue weighted by Crippen LogP contribution is 2.37. The highest BCUT2D eigenvalue weighted by molar-refractivity contribution is 6.09. The maximum Gasteiger partial charge on any atom is 0.169 e. The molecule has 0 saturated heterocycles. The Kier molecular flexibility index (Phi) is 4.70. The molecule has 0 saturated carbocycles. The summed E-state index contributed by atoms with van der Waals surface area (Å²) < 4.78 is 8.39. The highest BCUT2D eigenvalue weighted by Gasteiger charge is 2.16. The summed E-state index contributed by atoms with van der Waals surface area (Å²) in [6.45, 7) is 2.11. The van der Waals surface area contributed by atoms with Crippen molar-refractivity contribution in [3.63, 3.8) is 0 Å². The molecule has 39 heavy (non-hydrogen) atoms. The number of rotatable bonds is 3. The fourth-order valence-electron chi connectivity index (χ4n) is 5.64. The Balaban J connectivity index is 1.27. The number of benzene rings is 5. The largest absolute Gasteiger partial charge is 0.455 e. The normalized spacial score (nSPS) is 11.7. The Morgan fingerprint density at radius 1 is 0.538 bits per heavy atom. The molecule has 5 aromatic carbocycles. The molecule has 4 heteroatoms. The summed E-state index contributed by atoms with van der Waals surface area (Å²) >= 11 is 0. The lowest BCUT2D eigenvalue weighted by Crippen LogP contribution is -1.94. The van der Waals surface area contributed by atoms with E-state index in [1.54, 1.807) is 0 Å². The van der Waals surface area contributed by atoms with E-state index in [0.717, 1.165) is 61.1 Å². The Morgan fingerprint density at radius 3 is 2.00 bits per heavy atom. The van der Waals surface area contributed by atoms with Gasteiger partial charge in [0.15, 0.2) is 11.5 Å². The van der Waals surface area contributed by atoms with E-state index in [0.29, 0.717) is 0 Å². The average molecular weight is 502 g/mol. The zero-order chi connectivity index (χ0) is 25.9. The van der Waals surface area contributed by atoms with E-state index in [2.05, 4.69) is 131 Å². The number of hydrogen-bond donors (Lipinski definition) is 0. The smallest absolute Gasteiger partial charge is 0.169 e. The molecule has 0 aliphatic heterocycles. The second-order valence-corrected chi connectivity index (χ2v) is 10.0. The number of hydrogen-bond acceptors (Lipinski definition) is 3. The van der Waals surface area contributed by atoms with Crippen LogP contribution in [0.2, 0.25) is 0 Å². The third-order valence-electron chi connectivity index (χ3n) is 7.63. The molecule has 8 aromatic rings. The molecule has 0 atom stereocenters. The minimum absolute atomic E-state index is 0.817. The van der Waals surface area contributed by atoms with Crippen LogP contribution in [-0.2, 0) is 0 Å². The summed E-state index contributed by atoms with van der Waals surface area (Å²) in [7, 11) is 0. The topological polar surface area (TPSA) is 43.3 Å². The predicted molar refractivity (Wildman–Crippen MR) is 159 cm³/mol. The molecule has 0 spiro atoms. The predicted octanol–water partition coefficient (Wildman–Crippen LogP) is 9.09. The third kappa shape index (κ3) is 3.39. The molecule has 184 valence electrons. The molecule has 0 bridgehead atoms. The van der Waals surface area contributed by atoms with Gasteiger partial charge in [-0.25, -0.2) is 0 Å². The van der Waals surface area contributed by atoms with Gasteiger partial charge in [-0.05, 0) is 29.5 Å². The van der Waals surface area contributed by atoms with Crippen molar-refractivity contribution >= 4 is 38.4 Å². The molecule has 3 aromatic heterocycles. The van der Waals surface area contributed by atoms with Crippen LogP contribution in [-0.4, -0.2) is 14.6 Å². The van der Waals surface area contributed by atoms with Gasteiger partial charge in [-0.1, -0.05) is 115 Å². The van der Waals surface area contributed by atoms with Crippen molar-refractivity contribution in [2.45, 2.75) is 6.92 Å². The summed E-state index contributed by atoms with van der Waals surface area (Å²) in [6.07, 6.45) is 2.17. The average Bonchev–Trinajstić information content (AvgIpc) is 3.59. The van der Waals surface area contributed by atoms with Crippen molar-refractivity contribution in [1.29, 1.82) is 0 Å². The van der Waals surface area contributed by atoms with Crippen LogP contribution in [0.1, 0.15) is 5.56 Å². The van der Waals surface area contributed by atoms with Gasteiger partial charge in [0.05, 0.1) is 0 Å². The maximum atomic E-state index is 6.28. The van der Waals surface area contributed by atoms with Gasteiger partial charge >= 0.3 is 0 Å². The first-order valence-corrected chi connectivity index (χ1v) is 13.1. The summed E-state index contributed by atoms with van der Waals surface area (Å²) in [5.74, 6) is 0.817. The molecule has 8 rings (SSSR count). The van der Waals surface area contributed by atoms with E-state index in [1.807, 2.05) is 12.1 Å². The monoisotopic (exact) mass is 501 g/mol. The van der Waals surface area contributed by atoms with E-state index in [-0.39, 0.29) is 0 Å². The Bertz CT molecular complexity index is 2170. The first kappa shape index (κ1) is 21.8. The summed E-state index contributed by atoms with van der Waals surface area (Å²) in [5, 5.41) is 13.8. The number of aromatic nitrogens is 3. The van der Waals surface area contributed by atoms with Crippen molar-refractivity contribution in [2.24, 2.45) is 0 Å². The van der Waals surface area contributed by atoms with Crippen molar-refractivity contribution in [3.8, 4) is 33.6 Å². The zero-order valence-electron chi connectivity index (χ0n) is 21.3. The van der Waals surface area contributed by atoms with Crippen LogP contribution in [0.25, 0.3) is 72.0 Å². The van der Waals surface area contributed by atoms with Crippen molar-refractivity contribution in [2.75, 3.05) is 0 Å². The molecule has 0 aliphatic rings. The van der Waals surface area contributed by atoms with Crippen molar-refractivity contribution in [1.82, 2.24) is 14.6 Å². The molecular weight excluding hydrogens is 478 g/mol. The van der Waals surface area contributed by atoms with Crippen LogP contribution in [0.5, 0.6) is 0 Å². The molecule has 4 nitrogen and oxygen atoms in total. The van der Waals surface area contributed by atoms with Crippen LogP contribution < -0.4 is 0 Å². The molecule has 0 fully saturated rings. The van der Waals surface area contributed by atoms with Crippen molar-refractivity contribution in [3.05, 3.63) is 127 Å². The molecule has 0 aliphatic carbocycles. The molecular formula is C35H23N3O. The molecule has 3 heterocycles. The van der Waals surface area contributed by atoms with Gasteiger partial charge in [0.25, 0.3) is 0 Å². The van der Waals surface area contributed by atoms with Gasteiger partial charge in [-0.2, -0.15) is 0 Å². The lowest BCUT2D eigenvalue weighted by Gasteiger charge is -2.11. The third-order valence-corrected chi connectivity index (χ3v) is 7.63. The van der Waals surface area contributed by atoms with Gasteiger partial charge in [-0.3, -0.25) is 4.40 Å². The molecule has 0 amide bonds. The van der Waals surface area contributed by atoms with E-state index >= 15 is 0 Å². The second-order valence-electron chi connectivity index (χ2n) is 10.0. The maximum absolute atomic E-state index is 6.28. The van der Waals surface area contributed by atoms with E-state index < -0.39 is 0 Å². The summed E-state index contributed by atoms with van der Waals surface area (Å²) in [6, 6.07) is 40.1. The lowest BCUT2D eigenvalue weighted by atomic mass is 9.99. The van der Waals surface area contributed by atoms with Gasteiger partial charge in [-0.15, -0.1) is 10.2 Å². The Labute approximate surface area is 224 Å². The number of furan rings is 1. The van der Waals surface area contributed by atoms with E-state index in [9.17, 15) is 0 Å². The lowest BCUT2D eigenvalue weighted by molar-refractivity contribution is 0.670. The van der Waals surface area contributed by atoms with Crippen LogP contribution in [0.3, 0.4) is 0 Å². The van der Waals surface area contributed by atoms with E-state index in [4.69, 9.17) is 4.42 Å². The van der Waals surface area contributed by atoms with Gasteiger partial charge in [0, 0.05) is 39.0 Å². The first-order valence-electron chi connectivity index (χ1n) is 13.1. The van der Waals surface area contributed by atoms with Gasteiger partial charge < -0.3 is 4.42 Å². The number of para-hydroxylation sites is 2. The van der Waals surface area contributed by atoms with Crippen LogP contribution >= 0.6 is 0 Å². The zero-order valence-corrected chi connectivity index (χ0v) is 21.3. The molecule has 0 radical (unpaired) electrons. The highest BCUT2D eigenvalue weighted by atomic mass is 16.3. The number of fused-ring (bicyclic) bond motifs is 6. The Hall–Kier alpha value is -5.22. The molecule has 0 N–H and O–H groups in total. The number of aryl methyl sites for hydroxylation is 1. The van der Waals surface area contributed by atoms with Crippen LogP contribution in [0.15, 0.2) is 126 Å². The number of nitrogens with zero attached hydrogens (tertiary/aromatic N) is 3. The van der Waals surface area contributed by atoms with Crippen molar-refractivity contribution < 1.29 is 4.42 Å². The molecule has 0 unspecified atom stereocenters. The minimum atomic E-state index is 0.817. The Morgan fingerprint density at radius 2 is 1.18 bits per heavy atom. The fraction of sp³-hybridized carbons (Fsp3) is 0.0286. The van der Waals surface area contributed by atoms with E-state index in [1.165, 1.54) is 16.5 Å².